The molecule has 0 aliphatic carbocycles. The minimum Gasteiger partial charge on any atom is -1.00 e. The molecule has 0 amide bonds. The maximum absolute atomic E-state index is 4.19. The first kappa shape index (κ1) is 26.7. The van der Waals surface area contributed by atoms with Crippen LogP contribution in [0.1, 0.15) is 0 Å². The van der Waals surface area contributed by atoms with E-state index < -0.39 is 0 Å². The Morgan fingerprint density at radius 3 is 0.875 bits per heavy atom. The number of H-pyrrole nitrogens is 1. The Morgan fingerprint density at radius 1 is 0.406 bits per heavy atom. The average molecular weight is 618 g/mol. The maximum Gasteiger partial charge on any atom is 0.166 e. The minimum absolute atomic E-state index is 0. The molecular weight excluding hydrogens is 596 g/mol. The minimum atomic E-state index is 0. The van der Waals surface area contributed by atoms with E-state index in [2.05, 4.69) is 24.9 Å². The molecule has 0 unspecified atom stereocenters. The van der Waals surface area contributed by atoms with Gasteiger partial charge in [0.2, 0.25) is 0 Å². The molecule has 0 aromatic carbocycles. The number of hydrogen-bond acceptors (Lipinski definition) is 4. The van der Waals surface area contributed by atoms with Crippen molar-refractivity contribution < 1.29 is 37.2 Å². The number of hydrogen-bond donors (Lipinski definition) is 0. The fraction of sp³-hybridized carbons (Fsp3) is 0. The zero-order valence-electron chi connectivity index (χ0n) is 17.1. The molecule has 0 bridgehead atoms. The van der Waals surface area contributed by atoms with Gasteiger partial charge in [-0.05, 0) is 48.5 Å². The van der Waals surface area contributed by atoms with E-state index in [0.717, 1.165) is 22.8 Å². The van der Waals surface area contributed by atoms with Crippen molar-refractivity contribution in [2.45, 2.75) is 0 Å². The summed E-state index contributed by atoms with van der Waals surface area (Å²) in [6.45, 7) is 0. The van der Waals surface area contributed by atoms with E-state index in [-0.39, 0.29) is 32.2 Å². The van der Waals surface area contributed by atoms with Crippen molar-refractivity contribution in [3.63, 3.8) is 0 Å². The molecule has 0 radical (unpaired) electrons. The summed E-state index contributed by atoms with van der Waals surface area (Å²) in [7, 11) is 0. The first-order valence-electron chi connectivity index (χ1n) is 9.49. The smallest absolute Gasteiger partial charge is 0.166 e. The van der Waals surface area contributed by atoms with Gasteiger partial charge < -0.3 is 12.4 Å². The number of pyridine rings is 5. The van der Waals surface area contributed by atoms with Gasteiger partial charge in [0, 0.05) is 56.7 Å². The summed E-state index contributed by atoms with van der Waals surface area (Å²) in [6, 6.07) is 29.0. The Kier molecular flexibility index (Phi) is 13.7. The van der Waals surface area contributed by atoms with Gasteiger partial charge in [-0.15, -0.1) is 0 Å². The molecule has 5 nitrogen and oxygen atoms in total. The van der Waals surface area contributed by atoms with Crippen LogP contribution >= 0.6 is 0 Å². The molecular formula is C25H22ClN5Os. The van der Waals surface area contributed by atoms with Crippen molar-refractivity contribution in [2.24, 2.45) is 0 Å². The van der Waals surface area contributed by atoms with Gasteiger partial charge in [0.05, 0.1) is 22.8 Å². The van der Waals surface area contributed by atoms with Crippen molar-refractivity contribution in [3.05, 3.63) is 128 Å². The van der Waals surface area contributed by atoms with Crippen molar-refractivity contribution in [1.82, 2.24) is 19.9 Å². The third kappa shape index (κ3) is 9.66. The second-order valence-corrected chi connectivity index (χ2v) is 5.94. The monoisotopic (exact) mass is 619 g/mol. The van der Waals surface area contributed by atoms with Crippen molar-refractivity contribution in [1.29, 1.82) is 0 Å². The Balaban J connectivity index is 0.000000245. The SMILES string of the molecule is [Cl-].[Os].c1cc[nH+]cc1.c1ccc(-c2ccccn2)nc1.c1ccc(-c2ccccn2)nc1. The van der Waals surface area contributed by atoms with E-state index >= 15 is 0 Å². The normalized spacial score (nSPS) is 8.75. The molecule has 0 atom stereocenters. The predicted octanol–water partition coefficient (Wildman–Crippen LogP) is 1.79. The quantitative estimate of drug-likeness (QED) is 0.303. The molecule has 0 spiro atoms. The average Bonchev–Trinajstić information content (AvgIpc) is 2.88. The molecule has 5 aromatic heterocycles. The summed E-state index contributed by atoms with van der Waals surface area (Å²) >= 11 is 0. The standard InChI is InChI=1S/2C10H8N2.C5H5N.ClH.Os/c2*1-3-7-11-9(5-1)10-6-2-4-8-12-10;1-2-4-6-5-3-1;;/h2*1-8H;1-5H;1H;. The first-order valence-corrected chi connectivity index (χ1v) is 9.49. The zero-order chi connectivity index (χ0) is 20.7. The number of aromatic amines is 1. The van der Waals surface area contributed by atoms with Crippen molar-refractivity contribution >= 4 is 0 Å². The van der Waals surface area contributed by atoms with E-state index in [1.165, 1.54) is 0 Å². The van der Waals surface area contributed by atoms with Gasteiger partial charge in [-0.25, -0.2) is 4.98 Å². The van der Waals surface area contributed by atoms with Crippen molar-refractivity contribution in [2.75, 3.05) is 0 Å². The molecule has 0 saturated carbocycles. The largest absolute Gasteiger partial charge is 1.00 e. The fourth-order valence-electron chi connectivity index (χ4n) is 2.40. The van der Waals surface area contributed by atoms with Crippen LogP contribution in [0.5, 0.6) is 0 Å². The number of nitrogens with zero attached hydrogens (tertiary/aromatic N) is 4. The molecule has 5 heterocycles. The molecule has 162 valence electrons. The van der Waals surface area contributed by atoms with E-state index in [9.17, 15) is 0 Å². The summed E-state index contributed by atoms with van der Waals surface area (Å²) in [5, 5.41) is 0. The summed E-state index contributed by atoms with van der Waals surface area (Å²) in [6.07, 6.45) is 10.8. The Hall–Kier alpha value is -3.32. The topological polar surface area (TPSA) is 65.7 Å². The molecule has 0 fully saturated rings. The Morgan fingerprint density at radius 2 is 0.719 bits per heavy atom. The van der Waals surface area contributed by atoms with Crippen LogP contribution in [0.2, 0.25) is 0 Å². The summed E-state index contributed by atoms with van der Waals surface area (Å²) in [5.74, 6) is 0. The van der Waals surface area contributed by atoms with Crippen LogP contribution in [0, 0.1) is 0 Å². The fourth-order valence-corrected chi connectivity index (χ4v) is 2.40. The van der Waals surface area contributed by atoms with Gasteiger partial charge in [-0.2, -0.15) is 0 Å². The molecule has 5 rings (SSSR count). The molecule has 32 heavy (non-hydrogen) atoms. The Labute approximate surface area is 207 Å². The zero-order valence-corrected chi connectivity index (χ0v) is 20.4. The second kappa shape index (κ2) is 16.4. The van der Waals surface area contributed by atoms with Gasteiger partial charge in [-0.1, -0.05) is 30.3 Å². The molecule has 5 aromatic rings. The maximum atomic E-state index is 4.19. The Bertz CT molecular complexity index is 895. The molecule has 0 aliphatic rings. The summed E-state index contributed by atoms with van der Waals surface area (Å²) in [5.41, 5.74) is 3.66. The van der Waals surface area contributed by atoms with E-state index in [1.807, 2.05) is 103 Å². The van der Waals surface area contributed by atoms with Crippen LogP contribution in [0.15, 0.2) is 128 Å². The second-order valence-electron chi connectivity index (χ2n) is 5.94. The van der Waals surface area contributed by atoms with E-state index in [1.54, 1.807) is 24.8 Å². The van der Waals surface area contributed by atoms with E-state index in [4.69, 9.17) is 0 Å². The summed E-state index contributed by atoms with van der Waals surface area (Å²) in [4.78, 5) is 19.6. The van der Waals surface area contributed by atoms with E-state index in [0.29, 0.717) is 0 Å². The van der Waals surface area contributed by atoms with Gasteiger partial charge in [0.25, 0.3) is 0 Å². The van der Waals surface area contributed by atoms with Gasteiger partial charge in [0.1, 0.15) is 0 Å². The number of rotatable bonds is 2. The predicted molar refractivity (Wildman–Crippen MR) is 118 cm³/mol. The van der Waals surface area contributed by atoms with Crippen LogP contribution in [-0.4, -0.2) is 19.9 Å². The van der Waals surface area contributed by atoms with Crippen LogP contribution in [0.3, 0.4) is 0 Å². The third-order valence-corrected chi connectivity index (χ3v) is 3.79. The van der Waals surface area contributed by atoms with Gasteiger partial charge >= 0.3 is 0 Å². The van der Waals surface area contributed by atoms with Crippen LogP contribution < -0.4 is 17.4 Å². The third-order valence-electron chi connectivity index (χ3n) is 3.79. The molecule has 0 aliphatic heterocycles. The molecule has 0 saturated heterocycles. The van der Waals surface area contributed by atoms with Crippen LogP contribution in [-0.2, 0) is 19.8 Å². The molecule has 7 heteroatoms. The van der Waals surface area contributed by atoms with Crippen LogP contribution in [0.25, 0.3) is 22.8 Å². The first-order chi connectivity index (χ1) is 14.9. The van der Waals surface area contributed by atoms with Gasteiger partial charge in [-0.3, -0.25) is 19.9 Å². The number of halogens is 1. The number of nitrogens with one attached hydrogen (secondary N) is 1. The van der Waals surface area contributed by atoms with Crippen molar-refractivity contribution in [3.8, 4) is 22.8 Å². The summed E-state index contributed by atoms with van der Waals surface area (Å²) < 4.78 is 0. The van der Waals surface area contributed by atoms with Crippen LogP contribution in [0.4, 0.5) is 0 Å². The number of aromatic nitrogens is 5. The van der Waals surface area contributed by atoms with Gasteiger partial charge in [0.15, 0.2) is 12.4 Å². The molecule has 1 N–H and O–H groups in total.